The van der Waals surface area contributed by atoms with Gasteiger partial charge in [-0.3, -0.25) is 4.79 Å². The Hall–Kier alpha value is -1.65. The molecule has 0 bridgehead atoms. The topological polar surface area (TPSA) is 68.0 Å². The van der Waals surface area contributed by atoms with E-state index in [1.807, 2.05) is 13.8 Å². The minimum absolute atomic E-state index is 0.101. The van der Waals surface area contributed by atoms with Gasteiger partial charge in [-0.05, 0) is 18.8 Å². The van der Waals surface area contributed by atoms with E-state index in [1.165, 1.54) is 0 Å². The third-order valence-corrected chi connectivity index (χ3v) is 3.21. The fraction of sp³-hybridized carbons (Fsp3) is 0.643. The van der Waals surface area contributed by atoms with Crippen LogP contribution in [0.4, 0.5) is 0 Å². The van der Waals surface area contributed by atoms with Crippen LogP contribution < -0.4 is 5.32 Å². The molecule has 0 radical (unpaired) electrons. The Balaban J connectivity index is 1.67. The Morgan fingerprint density at radius 1 is 1.58 bits per heavy atom. The summed E-state index contributed by atoms with van der Waals surface area (Å²) in [4.78, 5) is 16.0. The highest BCUT2D eigenvalue weighted by Crippen LogP contribution is 2.19. The summed E-state index contributed by atoms with van der Waals surface area (Å²) in [5.41, 5.74) is 0. The molecule has 0 saturated carbocycles. The van der Waals surface area contributed by atoms with Gasteiger partial charge in [-0.15, -0.1) is 0 Å². The minimum Gasteiger partial charge on any atom is -0.356 e. The van der Waals surface area contributed by atoms with Crippen LogP contribution in [0.1, 0.15) is 50.7 Å². The van der Waals surface area contributed by atoms with Crippen molar-refractivity contribution < 1.29 is 9.32 Å². The first-order valence-corrected chi connectivity index (χ1v) is 6.91. The maximum Gasteiger partial charge on any atom is 0.229 e. The van der Waals surface area contributed by atoms with Crippen LogP contribution >= 0.6 is 0 Å². The average Bonchev–Trinajstić information content (AvgIpc) is 3.00. The summed E-state index contributed by atoms with van der Waals surface area (Å²) < 4.78 is 5.11. The third-order valence-electron chi connectivity index (χ3n) is 3.21. The summed E-state index contributed by atoms with van der Waals surface area (Å²) in [5.74, 6) is 2.06. The van der Waals surface area contributed by atoms with E-state index in [0.29, 0.717) is 37.0 Å². The molecule has 1 aromatic rings. The fourth-order valence-corrected chi connectivity index (χ4v) is 2.09. The molecule has 1 atom stereocenters. The smallest absolute Gasteiger partial charge is 0.229 e. The Morgan fingerprint density at radius 3 is 3.05 bits per heavy atom. The zero-order chi connectivity index (χ0) is 13.7. The van der Waals surface area contributed by atoms with Gasteiger partial charge in [0.2, 0.25) is 11.8 Å². The molecule has 0 spiro atoms. The monoisotopic (exact) mass is 263 g/mol. The van der Waals surface area contributed by atoms with Crippen LogP contribution in [0.25, 0.3) is 0 Å². The van der Waals surface area contributed by atoms with E-state index in [0.717, 1.165) is 12.8 Å². The van der Waals surface area contributed by atoms with Crippen LogP contribution in [0.15, 0.2) is 16.7 Å². The molecule has 1 heterocycles. The van der Waals surface area contributed by atoms with E-state index in [2.05, 4.69) is 27.6 Å². The maximum atomic E-state index is 11.7. The molecule has 5 nitrogen and oxygen atoms in total. The molecular weight excluding hydrogens is 242 g/mol. The number of amides is 1. The first-order valence-electron chi connectivity index (χ1n) is 6.91. The normalized spacial score (nSPS) is 18.2. The summed E-state index contributed by atoms with van der Waals surface area (Å²) in [6.07, 6.45) is 7.66. The summed E-state index contributed by atoms with van der Waals surface area (Å²) in [6, 6.07) is 0. The van der Waals surface area contributed by atoms with Gasteiger partial charge in [-0.2, -0.15) is 4.98 Å². The summed E-state index contributed by atoms with van der Waals surface area (Å²) in [6.45, 7) is 4.58. The van der Waals surface area contributed by atoms with E-state index in [9.17, 15) is 4.79 Å². The van der Waals surface area contributed by atoms with Gasteiger partial charge in [0.15, 0.2) is 5.82 Å². The molecule has 1 aromatic heterocycles. The lowest BCUT2D eigenvalue weighted by Crippen LogP contribution is -2.27. The van der Waals surface area contributed by atoms with Gasteiger partial charge < -0.3 is 9.84 Å². The molecule has 1 aliphatic carbocycles. The summed E-state index contributed by atoms with van der Waals surface area (Å²) >= 11 is 0. The quantitative estimate of drug-likeness (QED) is 0.799. The van der Waals surface area contributed by atoms with Crippen molar-refractivity contribution in [1.82, 2.24) is 15.5 Å². The highest BCUT2D eigenvalue weighted by atomic mass is 16.5. The van der Waals surface area contributed by atoms with Gasteiger partial charge >= 0.3 is 0 Å². The molecule has 1 aliphatic rings. The molecule has 1 amide bonds. The number of hydrogen-bond acceptors (Lipinski definition) is 4. The van der Waals surface area contributed by atoms with Crippen molar-refractivity contribution in [1.29, 1.82) is 0 Å². The number of allylic oxidation sites excluding steroid dienone is 2. The van der Waals surface area contributed by atoms with Crippen molar-refractivity contribution in [3.05, 3.63) is 23.9 Å². The second-order valence-electron chi connectivity index (χ2n) is 5.27. The molecule has 2 rings (SSSR count). The number of nitrogens with zero attached hydrogens (tertiary/aromatic N) is 2. The number of carbonyl (C=O) groups excluding carboxylic acids is 1. The van der Waals surface area contributed by atoms with Crippen molar-refractivity contribution in [3.8, 4) is 0 Å². The van der Waals surface area contributed by atoms with Crippen molar-refractivity contribution in [2.24, 2.45) is 5.92 Å². The van der Waals surface area contributed by atoms with Gasteiger partial charge in [-0.25, -0.2) is 0 Å². The number of carbonyl (C=O) groups is 1. The van der Waals surface area contributed by atoms with Crippen LogP contribution in [0.3, 0.4) is 0 Å². The van der Waals surface area contributed by atoms with Crippen LogP contribution in [0.2, 0.25) is 0 Å². The lowest BCUT2D eigenvalue weighted by molar-refractivity contribution is -0.121. The fourth-order valence-electron chi connectivity index (χ4n) is 2.09. The molecule has 5 heteroatoms. The molecule has 0 aliphatic heterocycles. The Kier molecular flexibility index (Phi) is 4.71. The second kappa shape index (κ2) is 6.50. The molecule has 0 fully saturated rings. The number of rotatable bonds is 6. The van der Waals surface area contributed by atoms with Crippen LogP contribution in [-0.2, 0) is 11.2 Å². The van der Waals surface area contributed by atoms with Crippen molar-refractivity contribution >= 4 is 5.91 Å². The molecular formula is C14H21N3O2. The number of aromatic nitrogens is 2. The minimum atomic E-state index is 0.101. The van der Waals surface area contributed by atoms with E-state index in [1.54, 1.807) is 0 Å². The number of hydrogen-bond donors (Lipinski definition) is 1. The molecule has 0 unspecified atom stereocenters. The lowest BCUT2D eigenvalue weighted by atomic mass is 10.1. The number of nitrogens with one attached hydrogen (secondary N) is 1. The molecule has 104 valence electrons. The zero-order valence-corrected chi connectivity index (χ0v) is 11.6. The average molecular weight is 263 g/mol. The van der Waals surface area contributed by atoms with E-state index in [4.69, 9.17) is 4.52 Å². The van der Waals surface area contributed by atoms with Gasteiger partial charge in [0.25, 0.3) is 0 Å². The standard InChI is InChI=1S/C14H21N3O2/c1-10(2)14-16-12(17-19-14)7-8-15-13(18)9-11-5-3-4-6-11/h3,5,10-11H,4,6-9H2,1-2H3,(H,15,18)/t11-/m1/s1. The van der Waals surface area contributed by atoms with Gasteiger partial charge in [0, 0.05) is 25.3 Å². The highest BCUT2D eigenvalue weighted by Gasteiger charge is 2.14. The Bertz CT molecular complexity index is 451. The van der Waals surface area contributed by atoms with Crippen molar-refractivity contribution in [3.63, 3.8) is 0 Å². The lowest BCUT2D eigenvalue weighted by Gasteiger charge is -2.07. The summed E-state index contributed by atoms with van der Waals surface area (Å²) in [5, 5.41) is 6.79. The van der Waals surface area contributed by atoms with E-state index >= 15 is 0 Å². The largest absolute Gasteiger partial charge is 0.356 e. The Labute approximate surface area is 113 Å². The first kappa shape index (κ1) is 13.8. The van der Waals surface area contributed by atoms with Crippen LogP contribution in [0.5, 0.6) is 0 Å². The maximum absolute atomic E-state index is 11.7. The van der Waals surface area contributed by atoms with Crippen molar-refractivity contribution in [2.45, 2.75) is 45.4 Å². The van der Waals surface area contributed by atoms with Gasteiger partial charge in [-0.1, -0.05) is 31.2 Å². The van der Waals surface area contributed by atoms with Gasteiger partial charge in [0.05, 0.1) is 0 Å². The zero-order valence-electron chi connectivity index (χ0n) is 11.6. The predicted octanol–water partition coefficient (Wildman–Crippen LogP) is 2.21. The SMILES string of the molecule is CC(C)c1nc(CCNC(=O)C[C@@H]2C=CCC2)no1. The summed E-state index contributed by atoms with van der Waals surface area (Å²) in [7, 11) is 0. The van der Waals surface area contributed by atoms with E-state index < -0.39 is 0 Å². The molecule has 19 heavy (non-hydrogen) atoms. The van der Waals surface area contributed by atoms with Crippen LogP contribution in [-0.4, -0.2) is 22.6 Å². The Morgan fingerprint density at radius 2 is 2.42 bits per heavy atom. The predicted molar refractivity (Wildman–Crippen MR) is 71.6 cm³/mol. The molecule has 1 N–H and O–H groups in total. The molecule has 0 aromatic carbocycles. The molecule has 0 saturated heterocycles. The van der Waals surface area contributed by atoms with E-state index in [-0.39, 0.29) is 11.8 Å². The third kappa shape index (κ3) is 4.19. The highest BCUT2D eigenvalue weighted by molar-refractivity contribution is 5.76. The van der Waals surface area contributed by atoms with Crippen LogP contribution in [0, 0.1) is 5.92 Å². The first-order chi connectivity index (χ1) is 9.15. The van der Waals surface area contributed by atoms with Crippen molar-refractivity contribution in [2.75, 3.05) is 6.54 Å². The second-order valence-corrected chi connectivity index (χ2v) is 5.27. The van der Waals surface area contributed by atoms with Gasteiger partial charge in [0.1, 0.15) is 0 Å².